The van der Waals surface area contributed by atoms with Crippen LogP contribution in [-0.4, -0.2) is 40.0 Å². The first-order chi connectivity index (χ1) is 9.36. The second-order valence-corrected chi connectivity index (χ2v) is 7.75. The van der Waals surface area contributed by atoms with Crippen LogP contribution in [0.25, 0.3) is 0 Å². The molecule has 20 heavy (non-hydrogen) atoms. The van der Waals surface area contributed by atoms with Gasteiger partial charge in [0.25, 0.3) is 0 Å². The summed E-state index contributed by atoms with van der Waals surface area (Å²) in [7, 11) is -1.51. The summed E-state index contributed by atoms with van der Waals surface area (Å²) in [6, 6.07) is 4.80. The number of piperidine rings is 1. The molecular weight excluding hydrogens is 342 g/mol. The van der Waals surface area contributed by atoms with E-state index in [0.717, 1.165) is 18.8 Å². The minimum absolute atomic E-state index is 0.118. The van der Waals surface area contributed by atoms with Gasteiger partial charge in [-0.25, -0.2) is 13.6 Å². The Labute approximate surface area is 128 Å². The van der Waals surface area contributed by atoms with Gasteiger partial charge in [0.1, 0.15) is 0 Å². The lowest BCUT2D eigenvalue weighted by atomic mass is 9.98. The molecule has 1 fully saturated rings. The largest absolute Gasteiger partial charge is 0.384 e. The maximum atomic E-state index is 11.3. The Morgan fingerprint density at radius 3 is 2.85 bits per heavy atom. The van der Waals surface area contributed by atoms with Crippen LogP contribution in [0, 0.1) is 5.92 Å². The van der Waals surface area contributed by atoms with Crippen LogP contribution in [-0.2, 0) is 10.0 Å². The van der Waals surface area contributed by atoms with E-state index in [-0.39, 0.29) is 4.90 Å². The number of rotatable bonds is 4. The van der Waals surface area contributed by atoms with Crippen molar-refractivity contribution in [3.63, 3.8) is 0 Å². The molecule has 0 radical (unpaired) electrons. The first-order valence-electron chi connectivity index (χ1n) is 6.61. The Balaban J connectivity index is 2.00. The highest BCUT2D eigenvalue weighted by Gasteiger charge is 2.17. The molecule has 5 nitrogen and oxygen atoms in total. The van der Waals surface area contributed by atoms with E-state index in [2.05, 4.69) is 33.2 Å². The Morgan fingerprint density at radius 1 is 1.50 bits per heavy atom. The van der Waals surface area contributed by atoms with Crippen molar-refractivity contribution in [2.45, 2.75) is 17.7 Å². The van der Waals surface area contributed by atoms with E-state index < -0.39 is 10.0 Å². The van der Waals surface area contributed by atoms with Gasteiger partial charge in [0, 0.05) is 23.2 Å². The molecule has 0 bridgehead atoms. The number of nitrogens with one attached hydrogen (secondary N) is 1. The van der Waals surface area contributed by atoms with Crippen molar-refractivity contribution in [2.24, 2.45) is 11.1 Å². The monoisotopic (exact) mass is 361 g/mol. The Hall–Kier alpha value is -0.630. The molecular formula is C13H20BrN3O2S. The number of primary sulfonamides is 1. The van der Waals surface area contributed by atoms with E-state index in [4.69, 9.17) is 5.14 Å². The molecule has 1 unspecified atom stereocenters. The topological polar surface area (TPSA) is 75.4 Å². The van der Waals surface area contributed by atoms with Crippen LogP contribution in [0.2, 0.25) is 0 Å². The number of sulfonamides is 1. The van der Waals surface area contributed by atoms with Gasteiger partial charge in [-0.2, -0.15) is 0 Å². The van der Waals surface area contributed by atoms with Gasteiger partial charge in [-0.15, -0.1) is 0 Å². The number of benzene rings is 1. The lowest BCUT2D eigenvalue weighted by molar-refractivity contribution is 0.217. The van der Waals surface area contributed by atoms with Crippen molar-refractivity contribution >= 4 is 31.6 Å². The van der Waals surface area contributed by atoms with E-state index in [9.17, 15) is 8.42 Å². The lowest BCUT2D eigenvalue weighted by Gasteiger charge is -2.30. The summed E-state index contributed by atoms with van der Waals surface area (Å²) < 4.78 is 23.3. The summed E-state index contributed by atoms with van der Waals surface area (Å²) >= 11 is 3.38. The van der Waals surface area contributed by atoms with E-state index in [1.165, 1.54) is 31.5 Å². The minimum atomic E-state index is -3.65. The molecule has 112 valence electrons. The number of nitrogens with zero attached hydrogens (tertiary/aromatic N) is 1. The molecule has 1 saturated heterocycles. The average Bonchev–Trinajstić information content (AvgIpc) is 2.36. The van der Waals surface area contributed by atoms with Gasteiger partial charge in [0.15, 0.2) is 0 Å². The molecule has 1 aliphatic rings. The Bertz CT molecular complexity index is 577. The van der Waals surface area contributed by atoms with Crippen molar-refractivity contribution in [3.8, 4) is 0 Å². The second kappa shape index (κ2) is 6.43. The van der Waals surface area contributed by atoms with Gasteiger partial charge in [-0.05, 0) is 66.5 Å². The van der Waals surface area contributed by atoms with Crippen molar-refractivity contribution in [2.75, 3.05) is 32.0 Å². The molecule has 1 atom stereocenters. The van der Waals surface area contributed by atoms with E-state index >= 15 is 0 Å². The van der Waals surface area contributed by atoms with Crippen LogP contribution in [0.3, 0.4) is 0 Å². The molecule has 0 spiro atoms. The van der Waals surface area contributed by atoms with Crippen LogP contribution >= 0.6 is 15.9 Å². The highest BCUT2D eigenvalue weighted by Crippen LogP contribution is 2.26. The van der Waals surface area contributed by atoms with Gasteiger partial charge in [0.2, 0.25) is 10.0 Å². The van der Waals surface area contributed by atoms with Crippen LogP contribution in [0.1, 0.15) is 12.8 Å². The smallest absolute Gasteiger partial charge is 0.238 e. The zero-order valence-corrected chi connectivity index (χ0v) is 13.9. The third kappa shape index (κ3) is 4.18. The van der Waals surface area contributed by atoms with Crippen molar-refractivity contribution in [1.82, 2.24) is 4.90 Å². The third-order valence-corrected chi connectivity index (χ3v) is 5.14. The number of hydrogen-bond donors (Lipinski definition) is 2. The van der Waals surface area contributed by atoms with Gasteiger partial charge >= 0.3 is 0 Å². The van der Waals surface area contributed by atoms with Crippen LogP contribution in [0.15, 0.2) is 27.6 Å². The molecule has 0 amide bonds. The summed E-state index contributed by atoms with van der Waals surface area (Å²) in [5.41, 5.74) is 0.894. The standard InChI is InChI=1S/C13H20BrN3O2S/c1-17-6-2-3-10(9-17)8-16-13-5-4-11(7-12(13)14)20(15,18)19/h4-5,7,10,16H,2-3,6,8-9H2,1H3,(H2,15,18,19). The summed E-state index contributed by atoms with van der Waals surface area (Å²) in [4.78, 5) is 2.46. The van der Waals surface area contributed by atoms with Gasteiger partial charge < -0.3 is 10.2 Å². The molecule has 2 rings (SSSR count). The first-order valence-corrected chi connectivity index (χ1v) is 8.95. The number of anilines is 1. The quantitative estimate of drug-likeness (QED) is 0.857. The number of likely N-dealkylation sites (tertiary alicyclic amines) is 1. The van der Waals surface area contributed by atoms with Gasteiger partial charge in [0.05, 0.1) is 4.90 Å². The van der Waals surface area contributed by atoms with Crippen molar-refractivity contribution in [1.29, 1.82) is 0 Å². The Kier molecular flexibility index (Phi) is 5.06. The SMILES string of the molecule is CN1CCCC(CNc2ccc(S(N)(=O)=O)cc2Br)C1. The lowest BCUT2D eigenvalue weighted by Crippen LogP contribution is -2.35. The summed E-state index contributed by atoms with van der Waals surface area (Å²) in [5.74, 6) is 0.624. The number of nitrogens with two attached hydrogens (primary N) is 1. The molecule has 1 heterocycles. The Morgan fingerprint density at radius 2 is 2.25 bits per heavy atom. The highest BCUT2D eigenvalue weighted by atomic mass is 79.9. The zero-order chi connectivity index (χ0) is 14.8. The van der Waals surface area contributed by atoms with Crippen LogP contribution in [0.4, 0.5) is 5.69 Å². The molecule has 1 aliphatic heterocycles. The summed E-state index contributed by atoms with van der Waals surface area (Å²) in [6.07, 6.45) is 2.46. The van der Waals surface area contributed by atoms with E-state index in [0.29, 0.717) is 10.4 Å². The average molecular weight is 362 g/mol. The molecule has 0 aliphatic carbocycles. The molecule has 3 N–H and O–H groups in total. The predicted molar refractivity (Wildman–Crippen MR) is 84.2 cm³/mol. The van der Waals surface area contributed by atoms with Gasteiger partial charge in [-0.1, -0.05) is 0 Å². The summed E-state index contributed by atoms with van der Waals surface area (Å²) in [6.45, 7) is 3.15. The van der Waals surface area contributed by atoms with E-state index in [1.54, 1.807) is 6.07 Å². The molecule has 1 aromatic carbocycles. The fourth-order valence-corrected chi connectivity index (χ4v) is 3.72. The number of hydrogen-bond acceptors (Lipinski definition) is 4. The van der Waals surface area contributed by atoms with Crippen LogP contribution < -0.4 is 10.5 Å². The molecule has 1 aromatic rings. The highest BCUT2D eigenvalue weighted by molar-refractivity contribution is 9.10. The molecule has 0 saturated carbocycles. The molecule has 0 aromatic heterocycles. The summed E-state index contributed by atoms with van der Waals surface area (Å²) in [5, 5.41) is 8.48. The molecule has 7 heteroatoms. The number of halogens is 1. The fraction of sp³-hybridized carbons (Fsp3) is 0.538. The van der Waals surface area contributed by atoms with Crippen LogP contribution in [0.5, 0.6) is 0 Å². The zero-order valence-electron chi connectivity index (χ0n) is 11.5. The third-order valence-electron chi connectivity index (χ3n) is 3.57. The fourth-order valence-electron chi connectivity index (χ4n) is 2.51. The predicted octanol–water partition coefficient (Wildman–Crippen LogP) is 1.85. The van der Waals surface area contributed by atoms with Crippen molar-refractivity contribution in [3.05, 3.63) is 22.7 Å². The maximum absolute atomic E-state index is 11.3. The van der Waals surface area contributed by atoms with Gasteiger partial charge in [-0.3, -0.25) is 0 Å². The first kappa shape index (κ1) is 15.8. The minimum Gasteiger partial charge on any atom is -0.384 e. The van der Waals surface area contributed by atoms with Crippen molar-refractivity contribution < 1.29 is 8.42 Å². The second-order valence-electron chi connectivity index (χ2n) is 5.34. The normalized spacial score (nSPS) is 20.9. The maximum Gasteiger partial charge on any atom is 0.238 e. The van der Waals surface area contributed by atoms with E-state index in [1.807, 2.05) is 0 Å².